The summed E-state index contributed by atoms with van der Waals surface area (Å²) in [5.74, 6) is -0.842. The number of aromatic amines is 1. The van der Waals surface area contributed by atoms with Crippen LogP contribution in [0.1, 0.15) is 33.6 Å². The highest BCUT2D eigenvalue weighted by Gasteiger charge is 2.32. The van der Waals surface area contributed by atoms with Crippen LogP contribution >= 0.6 is 0 Å². The number of esters is 1. The maximum absolute atomic E-state index is 13.8. The van der Waals surface area contributed by atoms with Gasteiger partial charge in [0.1, 0.15) is 17.8 Å². The number of methoxy groups -OCH3 is 1. The molecule has 200 valence electrons. The number of rotatable bonds is 8. The molecule has 2 N–H and O–H groups in total. The molecule has 39 heavy (non-hydrogen) atoms. The Hall–Kier alpha value is -4.40. The third-order valence-corrected chi connectivity index (χ3v) is 8.52. The number of hydrogen-bond donors (Lipinski definition) is 2. The van der Waals surface area contributed by atoms with E-state index in [2.05, 4.69) is 15.8 Å². The zero-order valence-corrected chi connectivity index (χ0v) is 22.1. The van der Waals surface area contributed by atoms with Gasteiger partial charge >= 0.3 is 5.97 Å². The number of fused-ring (bicyclic) bond motifs is 2. The van der Waals surface area contributed by atoms with Gasteiger partial charge in [0.25, 0.3) is 0 Å². The van der Waals surface area contributed by atoms with Crippen molar-refractivity contribution >= 4 is 32.8 Å². The van der Waals surface area contributed by atoms with E-state index in [0.717, 1.165) is 11.1 Å². The number of benzene rings is 2. The molecular formula is C28H27N5O5S. The molecule has 1 aliphatic heterocycles. The zero-order chi connectivity index (χ0) is 27.6. The van der Waals surface area contributed by atoms with Crippen molar-refractivity contribution in [2.24, 2.45) is 0 Å². The van der Waals surface area contributed by atoms with Gasteiger partial charge in [0.2, 0.25) is 15.9 Å². The van der Waals surface area contributed by atoms with E-state index >= 15 is 0 Å². The zero-order valence-electron chi connectivity index (χ0n) is 21.3. The summed E-state index contributed by atoms with van der Waals surface area (Å²) in [7, 11) is -2.77. The number of ether oxygens (including phenoxy) is 1. The van der Waals surface area contributed by atoms with Crippen molar-refractivity contribution in [2.75, 3.05) is 13.7 Å². The van der Waals surface area contributed by atoms with E-state index in [0.29, 0.717) is 35.1 Å². The molecule has 0 saturated carbocycles. The molecule has 0 aliphatic carbocycles. The van der Waals surface area contributed by atoms with Crippen molar-refractivity contribution in [3.63, 3.8) is 0 Å². The van der Waals surface area contributed by atoms with E-state index in [1.54, 1.807) is 64.3 Å². The minimum atomic E-state index is -4.08. The van der Waals surface area contributed by atoms with Gasteiger partial charge in [-0.25, -0.2) is 13.2 Å². The van der Waals surface area contributed by atoms with E-state index in [1.165, 1.54) is 13.2 Å². The Labute approximate surface area is 225 Å². The van der Waals surface area contributed by atoms with Gasteiger partial charge in [-0.2, -0.15) is 9.98 Å². The van der Waals surface area contributed by atoms with Crippen LogP contribution in [-0.4, -0.2) is 54.4 Å². The van der Waals surface area contributed by atoms with E-state index in [9.17, 15) is 23.3 Å². The number of aromatic nitrogens is 2. The lowest BCUT2D eigenvalue weighted by molar-refractivity contribution is -0.134. The molecule has 1 atom stereocenters. The Morgan fingerprint density at radius 2 is 2.00 bits per heavy atom. The molecule has 3 heterocycles. The SMILES string of the molecule is COC(=O)c1ccc2c(c1)CN(C(=O)C(CCn1cccc1C#N)NS(=O)(=O)c1cccc3[nH]ccc13)CC2. The molecule has 2 aromatic heterocycles. The van der Waals surface area contributed by atoms with Gasteiger partial charge in [-0.3, -0.25) is 4.79 Å². The minimum absolute atomic E-state index is 0.0736. The molecule has 0 saturated heterocycles. The number of aryl methyl sites for hydroxylation is 1. The van der Waals surface area contributed by atoms with Crippen molar-refractivity contribution < 1.29 is 22.7 Å². The molecular weight excluding hydrogens is 518 g/mol. The van der Waals surface area contributed by atoms with Gasteiger partial charge in [0, 0.05) is 42.9 Å². The second-order valence-electron chi connectivity index (χ2n) is 9.34. The Morgan fingerprint density at radius 3 is 2.79 bits per heavy atom. The molecule has 5 rings (SSSR count). The number of sulfonamides is 1. The third-order valence-electron chi connectivity index (χ3n) is 6.99. The van der Waals surface area contributed by atoms with Crippen molar-refractivity contribution in [3.05, 3.63) is 89.4 Å². The highest BCUT2D eigenvalue weighted by molar-refractivity contribution is 7.89. The summed E-state index contributed by atoms with van der Waals surface area (Å²) in [5, 5.41) is 9.90. The topological polar surface area (TPSA) is 137 Å². The van der Waals surface area contributed by atoms with Gasteiger partial charge in [0.05, 0.1) is 17.6 Å². The number of nitrogens with one attached hydrogen (secondary N) is 2. The fourth-order valence-electron chi connectivity index (χ4n) is 4.96. The summed E-state index contributed by atoms with van der Waals surface area (Å²) in [5.41, 5.74) is 3.31. The average molecular weight is 546 g/mol. The minimum Gasteiger partial charge on any atom is -0.465 e. The van der Waals surface area contributed by atoms with Crippen LogP contribution in [0.4, 0.5) is 0 Å². The van der Waals surface area contributed by atoms with Crippen LogP contribution in [0.25, 0.3) is 10.9 Å². The number of carbonyl (C=O) groups is 2. The third kappa shape index (κ3) is 5.30. The standard InChI is InChI=1S/C28H27N5O5S/c1-38-28(35)20-8-7-19-10-14-33(18-21(19)16-20)27(34)25(11-15-32-13-3-4-22(32)17-29)31-39(36,37)26-6-2-5-24-23(26)9-12-30-24/h2-9,12-13,16,25,30-31H,10-11,14-15,18H2,1H3. The number of nitrogens with zero attached hydrogens (tertiary/aromatic N) is 3. The van der Waals surface area contributed by atoms with Gasteiger partial charge < -0.3 is 19.2 Å². The van der Waals surface area contributed by atoms with Gasteiger partial charge in [-0.05, 0) is 66.4 Å². The maximum atomic E-state index is 13.8. The largest absolute Gasteiger partial charge is 0.465 e. The van der Waals surface area contributed by atoms with Gasteiger partial charge in [-0.1, -0.05) is 12.1 Å². The number of H-pyrrole nitrogens is 1. The molecule has 1 aliphatic rings. The fraction of sp³-hybridized carbons (Fsp3) is 0.250. The lowest BCUT2D eigenvalue weighted by Gasteiger charge is -2.32. The highest BCUT2D eigenvalue weighted by atomic mass is 32.2. The summed E-state index contributed by atoms with van der Waals surface area (Å²) < 4.78 is 36.3. The second kappa shape index (κ2) is 10.8. The van der Waals surface area contributed by atoms with Crippen molar-refractivity contribution in [2.45, 2.75) is 36.9 Å². The van der Waals surface area contributed by atoms with Crippen molar-refractivity contribution in [1.29, 1.82) is 5.26 Å². The average Bonchev–Trinajstić information content (AvgIpc) is 3.62. The fourth-order valence-corrected chi connectivity index (χ4v) is 6.41. The number of amides is 1. The normalized spacial score (nSPS) is 14.0. The Bertz CT molecular complexity index is 1700. The molecule has 0 fully saturated rings. The Morgan fingerprint density at radius 1 is 1.15 bits per heavy atom. The lowest BCUT2D eigenvalue weighted by atomic mass is 9.96. The van der Waals surface area contributed by atoms with Crippen molar-refractivity contribution in [3.8, 4) is 6.07 Å². The van der Waals surface area contributed by atoms with Crippen LogP contribution in [0, 0.1) is 11.3 Å². The quantitative estimate of drug-likeness (QED) is 0.327. The first kappa shape index (κ1) is 26.2. The summed E-state index contributed by atoms with van der Waals surface area (Å²) in [4.78, 5) is 30.6. The molecule has 0 radical (unpaired) electrons. The molecule has 1 amide bonds. The molecule has 0 spiro atoms. The van der Waals surface area contributed by atoms with Gasteiger partial charge in [0.15, 0.2) is 0 Å². The second-order valence-corrected chi connectivity index (χ2v) is 11.0. The highest BCUT2D eigenvalue weighted by Crippen LogP contribution is 2.25. The smallest absolute Gasteiger partial charge is 0.337 e. The first-order valence-corrected chi connectivity index (χ1v) is 13.9. The predicted octanol–water partition coefficient (Wildman–Crippen LogP) is 2.95. The van der Waals surface area contributed by atoms with Crippen LogP contribution in [0.15, 0.2) is 71.9 Å². The van der Waals surface area contributed by atoms with Gasteiger partial charge in [-0.15, -0.1) is 0 Å². The molecule has 0 bridgehead atoms. The maximum Gasteiger partial charge on any atom is 0.337 e. The number of hydrogen-bond acceptors (Lipinski definition) is 6. The van der Waals surface area contributed by atoms with Crippen LogP contribution in [-0.2, 0) is 39.1 Å². The summed E-state index contributed by atoms with van der Waals surface area (Å²) in [6.07, 6.45) is 4.09. The predicted molar refractivity (Wildman–Crippen MR) is 143 cm³/mol. The summed E-state index contributed by atoms with van der Waals surface area (Å²) in [6, 6.07) is 16.3. The van der Waals surface area contributed by atoms with Crippen molar-refractivity contribution in [1.82, 2.24) is 19.2 Å². The summed E-state index contributed by atoms with van der Waals surface area (Å²) >= 11 is 0. The molecule has 1 unspecified atom stereocenters. The molecule has 10 nitrogen and oxygen atoms in total. The summed E-state index contributed by atoms with van der Waals surface area (Å²) in [6.45, 7) is 0.902. The van der Waals surface area contributed by atoms with E-state index in [1.807, 2.05) is 6.07 Å². The first-order chi connectivity index (χ1) is 18.8. The monoisotopic (exact) mass is 545 g/mol. The molecule has 2 aromatic carbocycles. The Kier molecular flexibility index (Phi) is 7.24. The molecule has 4 aromatic rings. The van der Waals surface area contributed by atoms with Crippen LogP contribution in [0.3, 0.4) is 0 Å². The molecule has 11 heteroatoms. The number of nitriles is 1. The van der Waals surface area contributed by atoms with Crippen LogP contribution in [0.2, 0.25) is 0 Å². The van der Waals surface area contributed by atoms with E-state index in [-0.39, 0.29) is 30.3 Å². The lowest BCUT2D eigenvalue weighted by Crippen LogP contribution is -2.50. The van der Waals surface area contributed by atoms with E-state index in [4.69, 9.17) is 4.74 Å². The first-order valence-electron chi connectivity index (χ1n) is 12.4. The Balaban J connectivity index is 1.43. The van der Waals surface area contributed by atoms with Crippen LogP contribution in [0.5, 0.6) is 0 Å². The van der Waals surface area contributed by atoms with Crippen LogP contribution < -0.4 is 4.72 Å². The number of carbonyl (C=O) groups excluding carboxylic acids is 2. The van der Waals surface area contributed by atoms with E-state index < -0.39 is 22.0 Å².